The number of hydrogen-bond acceptors (Lipinski definition) is 4. The summed E-state index contributed by atoms with van der Waals surface area (Å²) in [5.74, 6) is 0.774. The topological polar surface area (TPSA) is 78.4 Å². The molecule has 20 heavy (non-hydrogen) atoms. The van der Waals surface area contributed by atoms with Gasteiger partial charge in [-0.05, 0) is 30.2 Å². The van der Waals surface area contributed by atoms with Gasteiger partial charge in [0.1, 0.15) is 5.75 Å². The Morgan fingerprint density at radius 3 is 2.45 bits per heavy atom. The summed E-state index contributed by atoms with van der Waals surface area (Å²) in [7, 11) is 0. The molecule has 2 N–H and O–H groups in total. The summed E-state index contributed by atoms with van der Waals surface area (Å²) in [5, 5.41) is 10.9. The van der Waals surface area contributed by atoms with E-state index in [-0.39, 0.29) is 17.5 Å². The molecular formula is C15H16N2O3. The average Bonchev–Trinajstić information content (AvgIpc) is 2.47. The molecule has 5 nitrogen and oxygen atoms in total. The van der Waals surface area contributed by atoms with Crippen LogP contribution in [0, 0.1) is 10.1 Å². The zero-order chi connectivity index (χ0) is 14.5. The van der Waals surface area contributed by atoms with Crippen LogP contribution in [0.1, 0.15) is 24.9 Å². The third-order valence-electron chi connectivity index (χ3n) is 3.04. The third-order valence-corrected chi connectivity index (χ3v) is 3.04. The first kappa shape index (κ1) is 14.0. The van der Waals surface area contributed by atoms with Crippen LogP contribution < -0.4 is 10.5 Å². The molecular weight excluding hydrogens is 256 g/mol. The van der Waals surface area contributed by atoms with Gasteiger partial charge in [-0.3, -0.25) is 10.1 Å². The highest BCUT2D eigenvalue weighted by Gasteiger charge is 2.14. The molecule has 0 aliphatic rings. The summed E-state index contributed by atoms with van der Waals surface area (Å²) in [5.41, 5.74) is 6.89. The normalized spacial score (nSPS) is 11.9. The summed E-state index contributed by atoms with van der Waals surface area (Å²) in [6, 6.07) is 13.6. The Labute approximate surface area is 117 Å². The van der Waals surface area contributed by atoms with Gasteiger partial charge in [-0.1, -0.05) is 31.2 Å². The maximum atomic E-state index is 10.9. The van der Waals surface area contributed by atoms with Gasteiger partial charge < -0.3 is 10.5 Å². The largest absolute Gasteiger partial charge is 0.450 e. The fourth-order valence-electron chi connectivity index (χ4n) is 1.84. The van der Waals surface area contributed by atoms with Gasteiger partial charge in [-0.15, -0.1) is 0 Å². The monoisotopic (exact) mass is 272 g/mol. The van der Waals surface area contributed by atoms with E-state index < -0.39 is 4.92 Å². The van der Waals surface area contributed by atoms with Gasteiger partial charge >= 0.3 is 5.69 Å². The summed E-state index contributed by atoms with van der Waals surface area (Å²) < 4.78 is 5.56. The van der Waals surface area contributed by atoms with E-state index in [0.717, 1.165) is 12.0 Å². The SMILES string of the molecule is CC[C@@H](N)c1ccc(Oc2ccccc2[N+](=O)[O-])cc1. The van der Waals surface area contributed by atoms with E-state index in [2.05, 4.69) is 0 Å². The Morgan fingerprint density at radius 1 is 1.20 bits per heavy atom. The molecule has 0 bridgehead atoms. The van der Waals surface area contributed by atoms with E-state index in [1.807, 2.05) is 19.1 Å². The number of ether oxygens (including phenoxy) is 1. The Balaban J connectivity index is 2.20. The van der Waals surface area contributed by atoms with Crippen molar-refractivity contribution >= 4 is 5.69 Å². The highest BCUT2D eigenvalue weighted by molar-refractivity contribution is 5.48. The van der Waals surface area contributed by atoms with Crippen LogP contribution >= 0.6 is 0 Å². The Bertz CT molecular complexity index is 596. The second-order valence-corrected chi connectivity index (χ2v) is 4.41. The molecule has 0 aromatic heterocycles. The second-order valence-electron chi connectivity index (χ2n) is 4.41. The number of nitro groups is 1. The molecule has 2 aromatic rings. The molecule has 0 spiro atoms. The molecule has 0 fully saturated rings. The number of nitro benzene ring substituents is 1. The quantitative estimate of drug-likeness (QED) is 0.663. The van der Waals surface area contributed by atoms with Crippen LogP contribution in [0.4, 0.5) is 5.69 Å². The third kappa shape index (κ3) is 3.13. The van der Waals surface area contributed by atoms with Gasteiger partial charge in [0, 0.05) is 12.1 Å². The molecule has 0 amide bonds. The molecule has 0 aliphatic heterocycles. The van der Waals surface area contributed by atoms with E-state index in [4.69, 9.17) is 10.5 Å². The zero-order valence-electron chi connectivity index (χ0n) is 11.2. The number of nitrogens with zero attached hydrogens (tertiary/aromatic N) is 1. The van der Waals surface area contributed by atoms with Crippen molar-refractivity contribution in [3.8, 4) is 11.5 Å². The van der Waals surface area contributed by atoms with Gasteiger partial charge in [-0.2, -0.15) is 0 Å². The molecule has 2 rings (SSSR count). The number of para-hydroxylation sites is 2. The fourth-order valence-corrected chi connectivity index (χ4v) is 1.84. The predicted molar refractivity (Wildman–Crippen MR) is 76.8 cm³/mol. The van der Waals surface area contributed by atoms with Crippen molar-refractivity contribution < 1.29 is 9.66 Å². The zero-order valence-corrected chi connectivity index (χ0v) is 11.2. The molecule has 1 atom stereocenters. The molecule has 0 aliphatic carbocycles. The molecule has 0 radical (unpaired) electrons. The summed E-state index contributed by atoms with van der Waals surface area (Å²) in [6.45, 7) is 2.02. The molecule has 0 heterocycles. The first-order chi connectivity index (χ1) is 9.61. The summed E-state index contributed by atoms with van der Waals surface area (Å²) in [4.78, 5) is 10.4. The number of rotatable bonds is 5. The van der Waals surface area contributed by atoms with Crippen LogP contribution in [-0.2, 0) is 0 Å². The van der Waals surface area contributed by atoms with E-state index in [0.29, 0.717) is 5.75 Å². The number of hydrogen-bond donors (Lipinski definition) is 1. The highest BCUT2D eigenvalue weighted by atomic mass is 16.6. The fraction of sp³-hybridized carbons (Fsp3) is 0.200. The van der Waals surface area contributed by atoms with E-state index >= 15 is 0 Å². The van der Waals surface area contributed by atoms with Crippen molar-refractivity contribution in [1.29, 1.82) is 0 Å². The maximum absolute atomic E-state index is 10.9. The van der Waals surface area contributed by atoms with Gasteiger partial charge in [0.05, 0.1) is 4.92 Å². The Hall–Kier alpha value is -2.40. The predicted octanol–water partition coefficient (Wildman–Crippen LogP) is 3.80. The standard InChI is InChI=1S/C15H16N2O3/c1-2-13(16)11-7-9-12(10-8-11)20-15-6-4-3-5-14(15)17(18)19/h3-10,13H,2,16H2,1H3/t13-/m1/s1. The Kier molecular flexibility index (Phi) is 4.32. The molecule has 0 unspecified atom stereocenters. The van der Waals surface area contributed by atoms with Crippen molar-refractivity contribution in [2.45, 2.75) is 19.4 Å². The first-order valence-electron chi connectivity index (χ1n) is 6.38. The molecule has 104 valence electrons. The van der Waals surface area contributed by atoms with Crippen molar-refractivity contribution in [3.63, 3.8) is 0 Å². The lowest BCUT2D eigenvalue weighted by molar-refractivity contribution is -0.385. The van der Waals surface area contributed by atoms with Crippen molar-refractivity contribution in [2.24, 2.45) is 5.73 Å². The second kappa shape index (κ2) is 6.16. The van der Waals surface area contributed by atoms with Crippen molar-refractivity contribution in [2.75, 3.05) is 0 Å². The van der Waals surface area contributed by atoms with Gasteiger partial charge in [-0.25, -0.2) is 0 Å². The van der Waals surface area contributed by atoms with Crippen LogP contribution in [0.3, 0.4) is 0 Å². The smallest absolute Gasteiger partial charge is 0.311 e. The van der Waals surface area contributed by atoms with Crippen molar-refractivity contribution in [3.05, 3.63) is 64.2 Å². The summed E-state index contributed by atoms with van der Waals surface area (Å²) >= 11 is 0. The lowest BCUT2D eigenvalue weighted by atomic mass is 10.1. The van der Waals surface area contributed by atoms with Crippen molar-refractivity contribution in [1.82, 2.24) is 0 Å². The van der Waals surface area contributed by atoms with Gasteiger partial charge in [0.25, 0.3) is 0 Å². The molecule has 0 saturated carbocycles. The van der Waals surface area contributed by atoms with E-state index in [1.54, 1.807) is 30.3 Å². The highest BCUT2D eigenvalue weighted by Crippen LogP contribution is 2.31. The first-order valence-corrected chi connectivity index (χ1v) is 6.38. The average molecular weight is 272 g/mol. The Morgan fingerprint density at radius 2 is 1.85 bits per heavy atom. The van der Waals surface area contributed by atoms with Crippen LogP contribution in [0.25, 0.3) is 0 Å². The minimum Gasteiger partial charge on any atom is -0.450 e. The maximum Gasteiger partial charge on any atom is 0.311 e. The number of benzene rings is 2. The van der Waals surface area contributed by atoms with Gasteiger partial charge in [0.2, 0.25) is 5.75 Å². The lowest BCUT2D eigenvalue weighted by Crippen LogP contribution is -2.08. The minimum atomic E-state index is -0.462. The van der Waals surface area contributed by atoms with Crippen LogP contribution in [0.15, 0.2) is 48.5 Å². The molecule has 2 aromatic carbocycles. The molecule has 0 saturated heterocycles. The lowest BCUT2D eigenvalue weighted by Gasteiger charge is -2.10. The molecule has 5 heteroatoms. The minimum absolute atomic E-state index is 0.00453. The van der Waals surface area contributed by atoms with E-state index in [9.17, 15) is 10.1 Å². The van der Waals surface area contributed by atoms with Crippen LogP contribution in [-0.4, -0.2) is 4.92 Å². The van der Waals surface area contributed by atoms with Crippen LogP contribution in [0.5, 0.6) is 11.5 Å². The van der Waals surface area contributed by atoms with Gasteiger partial charge in [0.15, 0.2) is 0 Å². The van der Waals surface area contributed by atoms with Crippen LogP contribution in [0.2, 0.25) is 0 Å². The number of nitrogens with two attached hydrogens (primary N) is 1. The van der Waals surface area contributed by atoms with E-state index in [1.165, 1.54) is 6.07 Å². The summed E-state index contributed by atoms with van der Waals surface area (Å²) in [6.07, 6.45) is 0.852.